The summed E-state index contributed by atoms with van der Waals surface area (Å²) in [6.07, 6.45) is 12.6. The molecule has 2 unspecified atom stereocenters. The van der Waals surface area contributed by atoms with Crippen LogP contribution in [0.25, 0.3) is 0 Å². The third-order valence-electron chi connectivity index (χ3n) is 8.16. The highest BCUT2D eigenvalue weighted by atomic mass is 35.5. The van der Waals surface area contributed by atoms with Crippen LogP contribution in [0.3, 0.4) is 0 Å². The van der Waals surface area contributed by atoms with Crippen LogP contribution in [0.4, 0.5) is 0 Å². The van der Waals surface area contributed by atoms with Crippen LogP contribution in [0, 0.1) is 0 Å². The number of imidazole rings is 1. The Morgan fingerprint density at radius 1 is 1.14 bits per heavy atom. The Morgan fingerprint density at radius 3 is 2.75 bits per heavy atom. The van der Waals surface area contributed by atoms with Gasteiger partial charge in [-0.05, 0) is 61.7 Å². The Bertz CT molecular complexity index is 1600. The summed E-state index contributed by atoms with van der Waals surface area (Å²) in [5, 5.41) is 10.6. The zero-order valence-electron chi connectivity index (χ0n) is 24.4. The largest absolute Gasteiger partial charge is 0.487 e. The topological polar surface area (TPSA) is 105 Å². The number of benzene rings is 1. The van der Waals surface area contributed by atoms with Gasteiger partial charge in [0.15, 0.2) is 0 Å². The van der Waals surface area contributed by atoms with Crippen LogP contribution in [-0.2, 0) is 24.5 Å². The summed E-state index contributed by atoms with van der Waals surface area (Å²) in [6, 6.07) is 8.69. The van der Waals surface area contributed by atoms with Gasteiger partial charge in [-0.25, -0.2) is 14.8 Å². The Kier molecular flexibility index (Phi) is 9.20. The number of carbonyl (C=O) groups is 1. The molecule has 3 aliphatic rings. The lowest BCUT2D eigenvalue weighted by atomic mass is 9.98. The maximum Gasteiger partial charge on any atom is 0.335 e. The number of likely N-dealkylation sites (tertiary alicyclic amines) is 1. The fraction of sp³-hybridized carbons (Fsp3) is 0.375. The number of amidine groups is 1. The number of pyridine rings is 1. The van der Waals surface area contributed by atoms with Gasteiger partial charge in [-0.1, -0.05) is 29.3 Å². The molecular formula is C32H34Cl2N6O4. The monoisotopic (exact) mass is 636 g/mol. The van der Waals surface area contributed by atoms with Crippen molar-refractivity contribution in [2.24, 2.45) is 4.99 Å². The summed E-state index contributed by atoms with van der Waals surface area (Å²) < 4.78 is 14.3. The fourth-order valence-corrected chi connectivity index (χ4v) is 6.25. The third-order valence-corrected chi connectivity index (χ3v) is 8.69. The highest BCUT2D eigenvalue weighted by Crippen LogP contribution is 2.30. The normalized spacial score (nSPS) is 20.3. The minimum Gasteiger partial charge on any atom is -0.487 e. The number of piperidine rings is 1. The smallest absolute Gasteiger partial charge is 0.335 e. The number of rotatable bonds is 11. The van der Waals surface area contributed by atoms with Crippen LogP contribution in [0.1, 0.15) is 31.0 Å². The van der Waals surface area contributed by atoms with Gasteiger partial charge >= 0.3 is 5.97 Å². The van der Waals surface area contributed by atoms with Gasteiger partial charge in [-0.2, -0.15) is 0 Å². The summed E-state index contributed by atoms with van der Waals surface area (Å²) in [5.74, 6) is 1.18. The van der Waals surface area contributed by atoms with Gasteiger partial charge in [0, 0.05) is 43.1 Å². The molecular weight excluding hydrogens is 603 g/mol. The van der Waals surface area contributed by atoms with Gasteiger partial charge in [0.05, 0.1) is 47.8 Å². The molecule has 2 aliphatic heterocycles. The summed E-state index contributed by atoms with van der Waals surface area (Å²) in [6.45, 7) is 6.23. The first-order valence-corrected chi connectivity index (χ1v) is 15.5. The Morgan fingerprint density at radius 2 is 1.98 bits per heavy atom. The highest BCUT2D eigenvalue weighted by Gasteiger charge is 2.37. The van der Waals surface area contributed by atoms with Crippen LogP contribution >= 0.6 is 23.2 Å². The van der Waals surface area contributed by atoms with E-state index in [0.717, 1.165) is 49.6 Å². The minimum atomic E-state index is -0.924. The van der Waals surface area contributed by atoms with E-state index in [1.54, 1.807) is 30.5 Å². The maximum atomic E-state index is 11.7. The van der Waals surface area contributed by atoms with E-state index in [0.29, 0.717) is 46.9 Å². The molecule has 1 aromatic carbocycles. The van der Waals surface area contributed by atoms with Gasteiger partial charge in [-0.3, -0.25) is 9.89 Å². The van der Waals surface area contributed by atoms with Crippen molar-refractivity contribution in [1.29, 1.82) is 0 Å². The average molecular weight is 638 g/mol. The molecule has 1 fully saturated rings. The summed E-state index contributed by atoms with van der Waals surface area (Å²) in [7, 11) is 0. The van der Waals surface area contributed by atoms with Crippen molar-refractivity contribution in [3.05, 3.63) is 94.2 Å². The van der Waals surface area contributed by atoms with Crippen molar-refractivity contribution in [1.82, 2.24) is 24.3 Å². The number of nitrogens with zero attached hydrogens (tertiary/aromatic N) is 6. The summed E-state index contributed by atoms with van der Waals surface area (Å²) >= 11 is 12.2. The molecule has 0 saturated carbocycles. The molecule has 12 heteroatoms. The van der Waals surface area contributed by atoms with Crippen molar-refractivity contribution in [3.8, 4) is 11.6 Å². The van der Waals surface area contributed by atoms with E-state index in [1.807, 2.05) is 36.8 Å². The quantitative estimate of drug-likeness (QED) is 0.304. The first kappa shape index (κ1) is 30.2. The number of aliphatic imine (C=N–C) groups is 1. The standard InChI is InChI=1S/C32H34Cl2N6O4/c1-2-39-20-35-16-24(39)17-40-28-14-22(32(41)42)3-5-27(28)37-30(40)18-38-11-8-25(9-12-38)44-31-13-21(7-10-36-31)19-43-29-6-4-23(33)15-26(29)34/h3-7,10,13-16,20,25,27-28H,2,8-9,11-12,17-19H2,1H3,(H,41,42). The molecule has 10 nitrogen and oxygen atoms in total. The van der Waals surface area contributed by atoms with Crippen molar-refractivity contribution in [2.45, 2.75) is 57.6 Å². The van der Waals surface area contributed by atoms with Crippen molar-refractivity contribution in [2.75, 3.05) is 19.6 Å². The first-order valence-electron chi connectivity index (χ1n) is 14.7. The van der Waals surface area contributed by atoms with Gasteiger partial charge < -0.3 is 24.0 Å². The fourth-order valence-electron chi connectivity index (χ4n) is 5.79. The van der Waals surface area contributed by atoms with Crippen LogP contribution in [0.15, 0.2) is 77.8 Å². The van der Waals surface area contributed by atoms with Gasteiger partial charge in [0.25, 0.3) is 0 Å². The number of hydrogen-bond acceptors (Lipinski definition) is 8. The van der Waals surface area contributed by atoms with E-state index in [-0.39, 0.29) is 18.2 Å². The molecule has 44 heavy (non-hydrogen) atoms. The van der Waals surface area contributed by atoms with Gasteiger partial charge in [-0.15, -0.1) is 0 Å². The Hall–Kier alpha value is -3.86. The van der Waals surface area contributed by atoms with E-state index < -0.39 is 5.97 Å². The number of aromatic nitrogens is 3. The first-order chi connectivity index (χ1) is 21.4. The van der Waals surface area contributed by atoms with E-state index in [1.165, 1.54) is 0 Å². The molecule has 0 radical (unpaired) electrons. The van der Waals surface area contributed by atoms with E-state index >= 15 is 0 Å². The second kappa shape index (κ2) is 13.4. The Balaban J connectivity index is 1.06. The van der Waals surface area contributed by atoms with Crippen LogP contribution < -0.4 is 9.47 Å². The number of aliphatic carboxylic acids is 1. The van der Waals surface area contributed by atoms with E-state index in [4.69, 9.17) is 37.7 Å². The molecule has 0 bridgehead atoms. The second-order valence-electron chi connectivity index (χ2n) is 11.1. The molecule has 1 aliphatic carbocycles. The van der Waals surface area contributed by atoms with Gasteiger partial charge in [0.1, 0.15) is 24.3 Å². The third kappa shape index (κ3) is 6.93. The maximum absolute atomic E-state index is 11.7. The predicted molar refractivity (Wildman–Crippen MR) is 168 cm³/mol. The zero-order chi connectivity index (χ0) is 30.6. The van der Waals surface area contributed by atoms with Gasteiger partial charge in [0.2, 0.25) is 5.88 Å². The molecule has 2 aromatic heterocycles. The predicted octanol–water partition coefficient (Wildman–Crippen LogP) is 5.26. The summed E-state index contributed by atoms with van der Waals surface area (Å²) in [5.41, 5.74) is 2.30. The number of halogens is 2. The van der Waals surface area contributed by atoms with Crippen molar-refractivity contribution < 1.29 is 19.4 Å². The lowest BCUT2D eigenvalue weighted by Crippen LogP contribution is -2.46. The highest BCUT2D eigenvalue weighted by molar-refractivity contribution is 6.35. The molecule has 6 rings (SSSR count). The van der Waals surface area contributed by atoms with Crippen molar-refractivity contribution >= 4 is 35.0 Å². The second-order valence-corrected chi connectivity index (χ2v) is 11.9. The van der Waals surface area contributed by atoms with Crippen molar-refractivity contribution in [3.63, 3.8) is 0 Å². The summed E-state index contributed by atoms with van der Waals surface area (Å²) in [4.78, 5) is 30.1. The number of fused-ring (bicyclic) bond motifs is 1. The average Bonchev–Trinajstić information content (AvgIpc) is 3.61. The number of aryl methyl sites for hydroxylation is 1. The SMILES string of the molecule is CCn1cncc1CN1C(CN2CCC(Oc3cc(COc4ccc(Cl)cc4Cl)ccn3)CC2)=NC2C=CC(C(=O)O)=CC21. The molecule has 1 saturated heterocycles. The molecule has 1 N–H and O–H groups in total. The lowest BCUT2D eigenvalue weighted by Gasteiger charge is -2.35. The number of hydrogen-bond donors (Lipinski definition) is 1. The molecule has 4 heterocycles. The number of carboxylic acids is 1. The molecule has 230 valence electrons. The molecule has 3 aromatic rings. The number of ether oxygens (including phenoxy) is 2. The molecule has 0 spiro atoms. The lowest BCUT2D eigenvalue weighted by molar-refractivity contribution is -0.132. The number of carboxylic acid groups (broad SMARTS) is 1. The minimum absolute atomic E-state index is 0.0488. The van der Waals surface area contributed by atoms with Crippen LogP contribution in [0.2, 0.25) is 10.0 Å². The molecule has 2 atom stereocenters. The Labute approximate surface area is 266 Å². The zero-order valence-corrected chi connectivity index (χ0v) is 25.9. The van der Waals surface area contributed by atoms with Crippen LogP contribution in [0.5, 0.6) is 11.6 Å². The van der Waals surface area contributed by atoms with E-state index in [2.05, 4.69) is 31.3 Å². The van der Waals surface area contributed by atoms with Crippen LogP contribution in [-0.4, -0.2) is 79.1 Å². The van der Waals surface area contributed by atoms with E-state index in [9.17, 15) is 9.90 Å². The molecule has 0 amide bonds.